The molecule has 0 aliphatic rings. The third kappa shape index (κ3) is 7.32. The van der Waals surface area contributed by atoms with E-state index in [2.05, 4.69) is 5.32 Å². The van der Waals surface area contributed by atoms with Gasteiger partial charge in [0.25, 0.3) is 0 Å². The van der Waals surface area contributed by atoms with Gasteiger partial charge >= 0.3 is 0 Å². The number of aryl methyl sites for hydroxylation is 2. The number of benzene rings is 2. The first-order valence-corrected chi connectivity index (χ1v) is 13.0. The highest BCUT2D eigenvalue weighted by molar-refractivity contribution is 7.92. The zero-order chi connectivity index (χ0) is 24.8. The Morgan fingerprint density at radius 1 is 1.00 bits per heavy atom. The topological polar surface area (TPSA) is 86.8 Å². The number of rotatable bonds is 10. The summed E-state index contributed by atoms with van der Waals surface area (Å²) in [7, 11) is -3.72. The minimum Gasteiger partial charge on any atom is -0.352 e. The molecule has 2 amide bonds. The third-order valence-electron chi connectivity index (χ3n) is 5.77. The van der Waals surface area contributed by atoms with Gasteiger partial charge in [0.1, 0.15) is 12.6 Å². The lowest BCUT2D eigenvalue weighted by atomic mass is 10.1. The van der Waals surface area contributed by atoms with Crippen molar-refractivity contribution in [3.8, 4) is 0 Å². The molecule has 0 aliphatic carbocycles. The molecule has 0 heterocycles. The summed E-state index contributed by atoms with van der Waals surface area (Å²) >= 11 is 0. The fourth-order valence-electron chi connectivity index (χ4n) is 3.34. The van der Waals surface area contributed by atoms with E-state index in [1.165, 1.54) is 4.90 Å². The van der Waals surface area contributed by atoms with Crippen LogP contribution in [0, 0.1) is 13.8 Å². The van der Waals surface area contributed by atoms with Crippen LogP contribution in [0.3, 0.4) is 0 Å². The Labute approximate surface area is 197 Å². The lowest BCUT2D eigenvalue weighted by Crippen LogP contribution is -2.52. The Morgan fingerprint density at radius 2 is 1.61 bits per heavy atom. The van der Waals surface area contributed by atoms with Gasteiger partial charge in [-0.25, -0.2) is 8.42 Å². The standard InChI is InChI=1S/C25H35N3O4S/c1-7-20(4)26-25(30)21(5)27(16-22-11-9-8-10-19(22)3)24(29)17-28(33(6,31)32)23-14-12-18(2)13-15-23/h8-15,20-21H,7,16-17H2,1-6H3,(H,26,30)/t20-,21-/m1/s1. The summed E-state index contributed by atoms with van der Waals surface area (Å²) < 4.78 is 26.2. The Bertz CT molecular complexity index is 1070. The normalized spacial score (nSPS) is 13.2. The van der Waals surface area contributed by atoms with Gasteiger partial charge in [0.15, 0.2) is 0 Å². The zero-order valence-corrected chi connectivity index (χ0v) is 21.1. The molecule has 2 aromatic carbocycles. The third-order valence-corrected chi connectivity index (χ3v) is 6.91. The van der Waals surface area contributed by atoms with Crippen LogP contribution in [0.4, 0.5) is 5.69 Å². The van der Waals surface area contributed by atoms with Crippen molar-refractivity contribution in [1.82, 2.24) is 10.2 Å². The minimum atomic E-state index is -3.72. The molecule has 0 bridgehead atoms. The molecule has 0 aliphatic heterocycles. The zero-order valence-electron chi connectivity index (χ0n) is 20.3. The van der Waals surface area contributed by atoms with Crippen LogP contribution < -0.4 is 9.62 Å². The summed E-state index contributed by atoms with van der Waals surface area (Å²) in [4.78, 5) is 27.8. The number of anilines is 1. The van der Waals surface area contributed by atoms with E-state index in [1.54, 1.807) is 31.2 Å². The largest absolute Gasteiger partial charge is 0.352 e. The molecule has 2 aromatic rings. The van der Waals surface area contributed by atoms with Crippen molar-refractivity contribution < 1.29 is 18.0 Å². The fraction of sp³-hybridized carbons (Fsp3) is 0.440. The number of amides is 2. The smallest absolute Gasteiger partial charge is 0.244 e. The quantitative estimate of drug-likeness (QED) is 0.573. The Balaban J connectivity index is 2.39. The highest BCUT2D eigenvalue weighted by atomic mass is 32.2. The molecule has 2 rings (SSSR count). The second-order valence-electron chi connectivity index (χ2n) is 8.55. The van der Waals surface area contributed by atoms with Crippen molar-refractivity contribution in [2.45, 2.75) is 59.7 Å². The number of carbonyl (C=O) groups excluding carboxylic acids is 2. The number of nitrogens with one attached hydrogen (secondary N) is 1. The van der Waals surface area contributed by atoms with E-state index in [4.69, 9.17) is 0 Å². The first-order chi connectivity index (χ1) is 15.4. The fourth-order valence-corrected chi connectivity index (χ4v) is 4.19. The van der Waals surface area contributed by atoms with Gasteiger partial charge in [-0.15, -0.1) is 0 Å². The van der Waals surface area contributed by atoms with Gasteiger partial charge in [-0.3, -0.25) is 13.9 Å². The van der Waals surface area contributed by atoms with Crippen LogP contribution in [0.5, 0.6) is 0 Å². The molecule has 1 N–H and O–H groups in total. The summed E-state index contributed by atoms with van der Waals surface area (Å²) in [5.41, 5.74) is 3.28. The van der Waals surface area contributed by atoms with E-state index < -0.39 is 28.5 Å². The maximum absolute atomic E-state index is 13.5. The molecule has 33 heavy (non-hydrogen) atoms. The van der Waals surface area contributed by atoms with Crippen LogP contribution in [-0.4, -0.2) is 50.0 Å². The summed E-state index contributed by atoms with van der Waals surface area (Å²) in [6.45, 7) is 9.20. The average molecular weight is 474 g/mol. The molecule has 8 heteroatoms. The van der Waals surface area contributed by atoms with Gasteiger partial charge < -0.3 is 10.2 Å². The van der Waals surface area contributed by atoms with Crippen LogP contribution >= 0.6 is 0 Å². The number of hydrogen-bond donors (Lipinski definition) is 1. The van der Waals surface area contributed by atoms with Gasteiger partial charge in [0.2, 0.25) is 21.8 Å². The van der Waals surface area contributed by atoms with Crippen LogP contribution in [-0.2, 0) is 26.2 Å². The molecular weight excluding hydrogens is 438 g/mol. The molecule has 0 unspecified atom stereocenters. The van der Waals surface area contributed by atoms with Crippen molar-refractivity contribution in [1.29, 1.82) is 0 Å². The van der Waals surface area contributed by atoms with Crippen LogP contribution in [0.2, 0.25) is 0 Å². The van der Waals surface area contributed by atoms with E-state index in [0.717, 1.165) is 33.7 Å². The predicted molar refractivity (Wildman–Crippen MR) is 132 cm³/mol. The van der Waals surface area contributed by atoms with Crippen LogP contribution in [0.15, 0.2) is 48.5 Å². The van der Waals surface area contributed by atoms with Gasteiger partial charge in [0, 0.05) is 12.6 Å². The summed E-state index contributed by atoms with van der Waals surface area (Å²) in [6, 6.07) is 13.8. The molecular formula is C25H35N3O4S. The average Bonchev–Trinajstić information content (AvgIpc) is 2.76. The SMILES string of the molecule is CC[C@@H](C)NC(=O)[C@@H](C)N(Cc1ccccc1C)C(=O)CN(c1ccc(C)cc1)S(C)(=O)=O. The van der Waals surface area contributed by atoms with Crippen LogP contribution in [0.25, 0.3) is 0 Å². The lowest BCUT2D eigenvalue weighted by Gasteiger charge is -2.32. The predicted octanol–water partition coefficient (Wildman–Crippen LogP) is 3.40. The highest BCUT2D eigenvalue weighted by Crippen LogP contribution is 2.20. The molecule has 7 nitrogen and oxygen atoms in total. The van der Waals surface area contributed by atoms with E-state index in [0.29, 0.717) is 5.69 Å². The maximum atomic E-state index is 13.5. The van der Waals surface area contributed by atoms with Crippen molar-refractivity contribution >= 4 is 27.5 Å². The Kier molecular flexibility index (Phi) is 9.05. The molecule has 180 valence electrons. The monoisotopic (exact) mass is 473 g/mol. The van der Waals surface area contributed by atoms with Crippen molar-refractivity contribution in [3.05, 3.63) is 65.2 Å². The molecule has 0 saturated carbocycles. The molecule has 0 aromatic heterocycles. The van der Waals surface area contributed by atoms with Crippen LogP contribution in [0.1, 0.15) is 43.9 Å². The van der Waals surface area contributed by atoms with E-state index in [-0.39, 0.29) is 18.5 Å². The number of nitrogens with zero attached hydrogens (tertiary/aromatic N) is 2. The van der Waals surface area contributed by atoms with E-state index in [1.807, 2.05) is 52.0 Å². The Morgan fingerprint density at radius 3 is 2.15 bits per heavy atom. The number of hydrogen-bond acceptors (Lipinski definition) is 4. The van der Waals surface area contributed by atoms with Crippen molar-refractivity contribution in [2.75, 3.05) is 17.1 Å². The van der Waals surface area contributed by atoms with Gasteiger partial charge in [-0.1, -0.05) is 48.9 Å². The molecule has 0 fully saturated rings. The van der Waals surface area contributed by atoms with Gasteiger partial charge in [-0.2, -0.15) is 0 Å². The minimum absolute atomic E-state index is 0.0320. The first-order valence-electron chi connectivity index (χ1n) is 11.1. The number of carbonyl (C=O) groups is 2. The molecule has 0 spiro atoms. The van der Waals surface area contributed by atoms with Crippen molar-refractivity contribution in [3.63, 3.8) is 0 Å². The molecule has 0 saturated heterocycles. The Hall–Kier alpha value is -2.87. The molecule has 2 atom stereocenters. The first kappa shape index (κ1) is 26.4. The highest BCUT2D eigenvalue weighted by Gasteiger charge is 2.30. The van der Waals surface area contributed by atoms with Gasteiger partial charge in [-0.05, 0) is 57.4 Å². The van der Waals surface area contributed by atoms with Gasteiger partial charge in [0.05, 0.1) is 11.9 Å². The number of sulfonamides is 1. The maximum Gasteiger partial charge on any atom is 0.244 e. The molecule has 0 radical (unpaired) electrons. The van der Waals surface area contributed by atoms with E-state index >= 15 is 0 Å². The summed E-state index contributed by atoms with van der Waals surface area (Å²) in [5, 5.41) is 2.92. The van der Waals surface area contributed by atoms with Crippen molar-refractivity contribution in [2.24, 2.45) is 0 Å². The second-order valence-corrected chi connectivity index (χ2v) is 10.5. The summed E-state index contributed by atoms with van der Waals surface area (Å²) in [6.07, 6.45) is 1.84. The van der Waals surface area contributed by atoms with E-state index in [9.17, 15) is 18.0 Å². The lowest BCUT2D eigenvalue weighted by molar-refractivity contribution is -0.139. The second kappa shape index (κ2) is 11.3. The summed E-state index contributed by atoms with van der Waals surface area (Å²) in [5.74, 6) is -0.719.